The Hall–Kier alpha value is -3.42. The number of para-hydroxylation sites is 1. The summed E-state index contributed by atoms with van der Waals surface area (Å²) < 4.78 is 35.1. The highest BCUT2D eigenvalue weighted by atomic mass is 19.3. The Bertz CT molecular complexity index is 1010. The van der Waals surface area contributed by atoms with Gasteiger partial charge in [-0.05, 0) is 36.2 Å². The molecule has 0 fully saturated rings. The molecule has 158 valence electrons. The molecule has 1 heterocycles. The van der Waals surface area contributed by atoms with Crippen LogP contribution in [-0.4, -0.2) is 38.3 Å². The smallest absolute Gasteiger partial charge is 0.387 e. The van der Waals surface area contributed by atoms with Crippen LogP contribution in [0.1, 0.15) is 11.1 Å². The van der Waals surface area contributed by atoms with Crippen LogP contribution in [-0.2, 0) is 13.0 Å². The third-order valence-electron chi connectivity index (χ3n) is 4.56. The van der Waals surface area contributed by atoms with Crippen molar-refractivity contribution < 1.29 is 18.3 Å². The number of guanidine groups is 1. The topological polar surface area (TPSA) is 67.8 Å². The van der Waals surface area contributed by atoms with Crippen molar-refractivity contribution >= 4 is 16.9 Å². The first kappa shape index (κ1) is 21.3. The molecule has 3 rings (SSSR count). The number of rotatable bonds is 8. The first-order valence-electron chi connectivity index (χ1n) is 9.49. The van der Waals surface area contributed by atoms with Crippen LogP contribution < -0.4 is 20.1 Å². The highest BCUT2D eigenvalue weighted by molar-refractivity contribution is 5.82. The molecule has 0 amide bonds. The number of aromatic nitrogens is 1. The van der Waals surface area contributed by atoms with Gasteiger partial charge in [-0.25, -0.2) is 0 Å². The third-order valence-corrected chi connectivity index (χ3v) is 4.56. The molecule has 2 N–H and O–H groups in total. The number of aliphatic imine (C=N–C) groups is 1. The lowest BCUT2D eigenvalue weighted by Gasteiger charge is -2.15. The van der Waals surface area contributed by atoms with Gasteiger partial charge in [-0.15, -0.1) is 0 Å². The van der Waals surface area contributed by atoms with Gasteiger partial charge in [0, 0.05) is 37.3 Å². The number of methoxy groups -OCH3 is 1. The lowest BCUT2D eigenvalue weighted by molar-refractivity contribution is -0.0504. The van der Waals surface area contributed by atoms with E-state index in [1.54, 1.807) is 25.4 Å². The molecule has 0 bridgehead atoms. The number of alkyl halides is 2. The lowest BCUT2D eigenvalue weighted by atomic mass is 10.1. The molecular weight excluding hydrogens is 390 g/mol. The van der Waals surface area contributed by atoms with Crippen molar-refractivity contribution in [2.45, 2.75) is 19.6 Å². The predicted molar refractivity (Wildman–Crippen MR) is 113 cm³/mol. The monoisotopic (exact) mass is 414 g/mol. The van der Waals surface area contributed by atoms with Gasteiger partial charge in [0.1, 0.15) is 11.5 Å². The Morgan fingerprint density at radius 3 is 2.70 bits per heavy atom. The summed E-state index contributed by atoms with van der Waals surface area (Å²) >= 11 is 0. The van der Waals surface area contributed by atoms with E-state index in [9.17, 15) is 8.78 Å². The Morgan fingerprint density at radius 2 is 1.93 bits per heavy atom. The molecule has 0 atom stereocenters. The molecule has 30 heavy (non-hydrogen) atoms. The summed E-state index contributed by atoms with van der Waals surface area (Å²) in [6, 6.07) is 14.7. The fourth-order valence-electron chi connectivity index (χ4n) is 3.12. The van der Waals surface area contributed by atoms with Crippen molar-refractivity contribution in [2.75, 3.05) is 20.7 Å². The van der Waals surface area contributed by atoms with E-state index < -0.39 is 6.61 Å². The van der Waals surface area contributed by atoms with E-state index in [1.807, 2.05) is 24.3 Å². The van der Waals surface area contributed by atoms with Crippen molar-refractivity contribution in [3.63, 3.8) is 0 Å². The van der Waals surface area contributed by atoms with E-state index in [-0.39, 0.29) is 12.3 Å². The van der Waals surface area contributed by atoms with Crippen LogP contribution in [0.4, 0.5) is 8.78 Å². The van der Waals surface area contributed by atoms with Gasteiger partial charge >= 0.3 is 6.61 Å². The molecule has 0 aliphatic carbocycles. The molecule has 2 aromatic carbocycles. The number of pyridine rings is 1. The zero-order valence-electron chi connectivity index (χ0n) is 16.9. The summed E-state index contributed by atoms with van der Waals surface area (Å²) in [5.41, 5.74) is 2.65. The SMILES string of the molecule is CN=C(NCCc1cccc2cccnc12)NCc1cc(OC)ccc1OC(F)F. The van der Waals surface area contributed by atoms with Crippen LogP contribution in [0.2, 0.25) is 0 Å². The molecular formula is C22H24F2N4O2. The second kappa shape index (κ2) is 10.4. The molecule has 0 radical (unpaired) electrons. The van der Waals surface area contributed by atoms with Gasteiger partial charge in [0.05, 0.1) is 12.6 Å². The van der Waals surface area contributed by atoms with Gasteiger partial charge < -0.3 is 20.1 Å². The van der Waals surface area contributed by atoms with E-state index in [4.69, 9.17) is 4.74 Å². The second-order valence-electron chi connectivity index (χ2n) is 6.45. The molecule has 0 aliphatic rings. The van der Waals surface area contributed by atoms with Crippen LogP contribution in [0.15, 0.2) is 59.7 Å². The summed E-state index contributed by atoms with van der Waals surface area (Å²) in [7, 11) is 3.17. The van der Waals surface area contributed by atoms with Crippen LogP contribution in [0, 0.1) is 0 Å². The molecule has 0 saturated heterocycles. The van der Waals surface area contributed by atoms with E-state index in [1.165, 1.54) is 13.2 Å². The number of hydrogen-bond acceptors (Lipinski definition) is 4. The molecule has 0 spiro atoms. The van der Waals surface area contributed by atoms with Crippen LogP contribution in [0.5, 0.6) is 11.5 Å². The number of fused-ring (bicyclic) bond motifs is 1. The Morgan fingerprint density at radius 1 is 1.10 bits per heavy atom. The maximum Gasteiger partial charge on any atom is 0.387 e. The van der Waals surface area contributed by atoms with E-state index >= 15 is 0 Å². The minimum absolute atomic E-state index is 0.0931. The first-order valence-corrected chi connectivity index (χ1v) is 9.49. The first-order chi connectivity index (χ1) is 14.6. The Labute approximate surface area is 173 Å². The number of hydrogen-bond donors (Lipinski definition) is 2. The Kier molecular flexibility index (Phi) is 7.37. The van der Waals surface area contributed by atoms with Crippen LogP contribution >= 0.6 is 0 Å². The maximum atomic E-state index is 12.7. The fourth-order valence-corrected chi connectivity index (χ4v) is 3.12. The number of nitrogens with zero attached hydrogens (tertiary/aromatic N) is 2. The fraction of sp³-hybridized carbons (Fsp3) is 0.273. The minimum atomic E-state index is -2.90. The largest absolute Gasteiger partial charge is 0.497 e. The predicted octanol–water partition coefficient (Wildman–Crippen LogP) is 3.75. The van der Waals surface area contributed by atoms with Crippen molar-refractivity contribution in [1.82, 2.24) is 15.6 Å². The van der Waals surface area contributed by atoms with Crippen molar-refractivity contribution in [2.24, 2.45) is 4.99 Å². The molecule has 0 aliphatic heterocycles. The molecule has 0 saturated carbocycles. The van der Waals surface area contributed by atoms with Crippen molar-refractivity contribution in [1.29, 1.82) is 0 Å². The summed E-state index contributed by atoms with van der Waals surface area (Å²) in [6.45, 7) is -2.02. The van der Waals surface area contributed by atoms with Gasteiger partial charge in [0.25, 0.3) is 0 Å². The average Bonchev–Trinajstić information content (AvgIpc) is 2.76. The zero-order valence-corrected chi connectivity index (χ0v) is 16.9. The summed E-state index contributed by atoms with van der Waals surface area (Å²) in [6.07, 6.45) is 2.54. The summed E-state index contributed by atoms with van der Waals surface area (Å²) in [4.78, 5) is 8.65. The molecule has 8 heteroatoms. The van der Waals surface area contributed by atoms with E-state index in [0.717, 1.165) is 22.9 Å². The Balaban J connectivity index is 1.60. The standard InChI is InChI=1S/C22H24F2N4O2/c1-25-22(27-12-10-16-6-3-5-15-7-4-11-26-20(15)16)28-14-17-13-18(29-2)8-9-19(17)30-21(23)24/h3-9,11,13,21H,10,12,14H2,1-2H3,(H2,25,27,28). The third kappa shape index (κ3) is 5.56. The van der Waals surface area contributed by atoms with Crippen molar-refractivity contribution in [3.8, 4) is 11.5 Å². The average molecular weight is 414 g/mol. The maximum absolute atomic E-state index is 12.7. The number of ether oxygens (including phenoxy) is 2. The van der Waals surface area contributed by atoms with Gasteiger partial charge in [-0.3, -0.25) is 9.98 Å². The minimum Gasteiger partial charge on any atom is -0.497 e. The second-order valence-corrected chi connectivity index (χ2v) is 6.45. The molecule has 6 nitrogen and oxygen atoms in total. The van der Waals surface area contributed by atoms with E-state index in [2.05, 4.69) is 31.4 Å². The summed E-state index contributed by atoms with van der Waals surface area (Å²) in [5, 5.41) is 7.45. The normalized spacial score (nSPS) is 11.6. The molecule has 1 aromatic heterocycles. The number of halogens is 2. The van der Waals surface area contributed by atoms with Gasteiger partial charge in [-0.2, -0.15) is 8.78 Å². The van der Waals surface area contributed by atoms with Crippen LogP contribution in [0.3, 0.4) is 0 Å². The van der Waals surface area contributed by atoms with Crippen LogP contribution in [0.25, 0.3) is 10.9 Å². The molecule has 3 aromatic rings. The van der Waals surface area contributed by atoms with Crippen molar-refractivity contribution in [3.05, 3.63) is 65.9 Å². The highest BCUT2D eigenvalue weighted by Crippen LogP contribution is 2.25. The number of nitrogens with one attached hydrogen (secondary N) is 2. The van der Waals surface area contributed by atoms with Gasteiger partial charge in [-0.1, -0.05) is 24.3 Å². The van der Waals surface area contributed by atoms with Gasteiger partial charge in [0.2, 0.25) is 0 Å². The quantitative estimate of drug-likeness (QED) is 0.434. The molecule has 0 unspecified atom stereocenters. The lowest BCUT2D eigenvalue weighted by Crippen LogP contribution is -2.38. The van der Waals surface area contributed by atoms with Gasteiger partial charge in [0.15, 0.2) is 5.96 Å². The highest BCUT2D eigenvalue weighted by Gasteiger charge is 2.12. The number of benzene rings is 2. The van der Waals surface area contributed by atoms with E-state index in [0.29, 0.717) is 23.8 Å². The summed E-state index contributed by atoms with van der Waals surface area (Å²) in [5.74, 6) is 1.20. The zero-order chi connectivity index (χ0) is 21.3.